The minimum atomic E-state index is -0.387. The smallest absolute Gasteiger partial charge is 0.257 e. The standard InChI is InChI=1S/C21H15BrFN5O2/c1-24-19(25-13-9-10-17(23)16(22)11-13)18-20(28-30-27-18)26-21(29)15-8-4-6-12-5-2-3-7-14(12)15/h2-11H,1H3,(H,24,25)(H,26,28,29). The average Bonchev–Trinajstić information content (AvgIpc) is 3.21. The number of carbonyl (C=O) groups excluding carboxylic acids is 1. The van der Waals surface area contributed by atoms with Crippen molar-refractivity contribution in [1.29, 1.82) is 0 Å². The number of nitrogens with one attached hydrogen (secondary N) is 2. The van der Waals surface area contributed by atoms with E-state index in [9.17, 15) is 9.18 Å². The third-order valence-electron chi connectivity index (χ3n) is 4.38. The van der Waals surface area contributed by atoms with Crippen LogP contribution in [0, 0.1) is 5.82 Å². The summed E-state index contributed by atoms with van der Waals surface area (Å²) in [5, 5.41) is 15.2. The Labute approximate surface area is 179 Å². The Morgan fingerprint density at radius 3 is 2.67 bits per heavy atom. The van der Waals surface area contributed by atoms with Crippen molar-refractivity contribution in [2.75, 3.05) is 17.7 Å². The number of hydrogen-bond donors (Lipinski definition) is 2. The van der Waals surface area contributed by atoms with Gasteiger partial charge in [0, 0.05) is 18.3 Å². The molecule has 0 fully saturated rings. The zero-order valence-corrected chi connectivity index (χ0v) is 17.3. The average molecular weight is 468 g/mol. The molecule has 0 aliphatic rings. The van der Waals surface area contributed by atoms with E-state index < -0.39 is 0 Å². The van der Waals surface area contributed by atoms with Crippen LogP contribution in [0.15, 0.2) is 74.8 Å². The maximum Gasteiger partial charge on any atom is 0.257 e. The first-order valence-corrected chi connectivity index (χ1v) is 9.67. The second kappa shape index (κ2) is 8.42. The van der Waals surface area contributed by atoms with Crippen LogP contribution in [-0.4, -0.2) is 29.1 Å². The highest BCUT2D eigenvalue weighted by Crippen LogP contribution is 2.23. The number of aromatic nitrogens is 2. The maximum absolute atomic E-state index is 13.5. The van der Waals surface area contributed by atoms with Gasteiger partial charge in [-0.2, -0.15) is 0 Å². The molecule has 9 heteroatoms. The summed E-state index contributed by atoms with van der Waals surface area (Å²) in [7, 11) is 1.55. The van der Waals surface area contributed by atoms with Gasteiger partial charge in [-0.25, -0.2) is 9.02 Å². The van der Waals surface area contributed by atoms with Crippen LogP contribution in [0.4, 0.5) is 15.9 Å². The van der Waals surface area contributed by atoms with Gasteiger partial charge in [-0.15, -0.1) is 0 Å². The number of fused-ring (bicyclic) bond motifs is 1. The first-order valence-electron chi connectivity index (χ1n) is 8.87. The molecule has 0 bridgehead atoms. The molecule has 0 radical (unpaired) electrons. The van der Waals surface area contributed by atoms with Crippen molar-refractivity contribution < 1.29 is 13.8 Å². The normalized spacial score (nSPS) is 11.5. The number of aliphatic imine (C=N–C) groups is 1. The number of anilines is 2. The second-order valence-corrected chi connectivity index (χ2v) is 7.12. The lowest BCUT2D eigenvalue weighted by Gasteiger charge is -2.10. The SMILES string of the molecule is CN=C(Nc1ccc(F)c(Br)c1)c1nonc1NC(=O)c1cccc2ccccc12. The number of benzene rings is 3. The van der Waals surface area contributed by atoms with E-state index in [2.05, 4.69) is 41.9 Å². The summed E-state index contributed by atoms with van der Waals surface area (Å²) < 4.78 is 18.6. The quantitative estimate of drug-likeness (QED) is 0.330. The summed E-state index contributed by atoms with van der Waals surface area (Å²) in [5.74, 6) is -0.337. The van der Waals surface area contributed by atoms with Crippen molar-refractivity contribution in [3.63, 3.8) is 0 Å². The van der Waals surface area contributed by atoms with Crippen LogP contribution in [0.5, 0.6) is 0 Å². The maximum atomic E-state index is 13.5. The van der Waals surface area contributed by atoms with E-state index >= 15 is 0 Å². The Morgan fingerprint density at radius 1 is 1.07 bits per heavy atom. The molecule has 0 aliphatic carbocycles. The fourth-order valence-corrected chi connectivity index (χ4v) is 3.33. The second-order valence-electron chi connectivity index (χ2n) is 6.27. The minimum Gasteiger partial charge on any atom is -0.338 e. The largest absolute Gasteiger partial charge is 0.338 e. The van der Waals surface area contributed by atoms with Crippen molar-refractivity contribution in [3.05, 3.63) is 82.2 Å². The Morgan fingerprint density at radius 2 is 1.87 bits per heavy atom. The van der Waals surface area contributed by atoms with Crippen LogP contribution in [0.2, 0.25) is 0 Å². The molecule has 0 aliphatic heterocycles. The van der Waals surface area contributed by atoms with Crippen molar-refractivity contribution in [1.82, 2.24) is 10.3 Å². The minimum absolute atomic E-state index is 0.113. The van der Waals surface area contributed by atoms with Crippen molar-refractivity contribution in [3.8, 4) is 0 Å². The molecular weight excluding hydrogens is 453 g/mol. The first kappa shape index (κ1) is 19.7. The van der Waals surface area contributed by atoms with Gasteiger partial charge in [0.15, 0.2) is 11.5 Å². The number of halogens is 2. The lowest BCUT2D eigenvalue weighted by Crippen LogP contribution is -2.19. The van der Waals surface area contributed by atoms with Crippen LogP contribution >= 0.6 is 15.9 Å². The number of hydrogen-bond acceptors (Lipinski definition) is 5. The van der Waals surface area contributed by atoms with Gasteiger partial charge in [0.05, 0.1) is 4.47 Å². The zero-order valence-electron chi connectivity index (χ0n) is 15.7. The third-order valence-corrected chi connectivity index (χ3v) is 4.99. The Kier molecular flexibility index (Phi) is 5.53. The van der Waals surface area contributed by atoms with E-state index in [-0.39, 0.29) is 23.2 Å². The number of carbonyl (C=O) groups is 1. The van der Waals surface area contributed by atoms with Crippen molar-refractivity contribution in [2.45, 2.75) is 0 Å². The topological polar surface area (TPSA) is 92.4 Å². The molecule has 0 saturated heterocycles. The molecular formula is C21H15BrFN5O2. The number of nitrogens with zero attached hydrogens (tertiary/aromatic N) is 3. The molecule has 1 aromatic heterocycles. The van der Waals surface area contributed by atoms with Crippen LogP contribution in [0.25, 0.3) is 10.8 Å². The summed E-state index contributed by atoms with van der Waals surface area (Å²) in [6.07, 6.45) is 0. The van der Waals surface area contributed by atoms with Gasteiger partial charge in [-0.1, -0.05) is 36.4 Å². The highest BCUT2D eigenvalue weighted by molar-refractivity contribution is 9.10. The number of rotatable bonds is 4. The van der Waals surface area contributed by atoms with Gasteiger partial charge in [0.25, 0.3) is 5.91 Å². The van der Waals surface area contributed by atoms with Gasteiger partial charge >= 0.3 is 0 Å². The molecule has 7 nitrogen and oxygen atoms in total. The van der Waals surface area contributed by atoms with E-state index in [0.29, 0.717) is 21.6 Å². The molecule has 150 valence electrons. The molecule has 3 aromatic carbocycles. The summed E-state index contributed by atoms with van der Waals surface area (Å²) in [6, 6.07) is 17.5. The van der Waals surface area contributed by atoms with Gasteiger partial charge in [0.1, 0.15) is 5.82 Å². The van der Waals surface area contributed by atoms with Crippen LogP contribution in [0.1, 0.15) is 16.1 Å². The van der Waals surface area contributed by atoms with E-state index in [1.807, 2.05) is 36.4 Å². The van der Waals surface area contributed by atoms with Crippen LogP contribution in [0.3, 0.4) is 0 Å². The Bertz CT molecular complexity index is 1270. The summed E-state index contributed by atoms with van der Waals surface area (Å²) in [4.78, 5) is 17.1. The van der Waals surface area contributed by atoms with Crippen molar-refractivity contribution >= 4 is 50.0 Å². The molecule has 0 unspecified atom stereocenters. The fraction of sp³-hybridized carbons (Fsp3) is 0.0476. The summed E-state index contributed by atoms with van der Waals surface area (Å²) in [5.41, 5.74) is 1.28. The van der Waals surface area contributed by atoms with Gasteiger partial charge in [-0.3, -0.25) is 9.79 Å². The molecule has 1 heterocycles. The van der Waals surface area contributed by atoms with Crippen LogP contribution < -0.4 is 10.6 Å². The van der Waals surface area contributed by atoms with E-state index in [1.165, 1.54) is 6.07 Å². The van der Waals surface area contributed by atoms with Gasteiger partial charge in [0.2, 0.25) is 5.82 Å². The predicted octanol–water partition coefficient (Wildman–Crippen LogP) is 4.87. The van der Waals surface area contributed by atoms with Crippen molar-refractivity contribution in [2.24, 2.45) is 4.99 Å². The molecule has 1 amide bonds. The Hall–Kier alpha value is -3.59. The summed E-state index contributed by atoms with van der Waals surface area (Å²) >= 11 is 3.14. The highest BCUT2D eigenvalue weighted by Gasteiger charge is 2.20. The van der Waals surface area contributed by atoms with Crippen LogP contribution in [-0.2, 0) is 0 Å². The molecule has 0 spiro atoms. The first-order chi connectivity index (χ1) is 14.6. The molecule has 0 atom stereocenters. The lowest BCUT2D eigenvalue weighted by atomic mass is 10.0. The lowest BCUT2D eigenvalue weighted by molar-refractivity contribution is 0.102. The third kappa shape index (κ3) is 3.92. The number of amidine groups is 1. The summed E-state index contributed by atoms with van der Waals surface area (Å²) in [6.45, 7) is 0. The van der Waals surface area contributed by atoms with E-state index in [0.717, 1.165) is 10.8 Å². The highest BCUT2D eigenvalue weighted by atomic mass is 79.9. The molecule has 4 rings (SSSR count). The monoisotopic (exact) mass is 467 g/mol. The van der Waals surface area contributed by atoms with Gasteiger partial charge in [-0.05, 0) is 61.3 Å². The Balaban J connectivity index is 1.60. The van der Waals surface area contributed by atoms with E-state index in [1.54, 1.807) is 25.2 Å². The van der Waals surface area contributed by atoms with Gasteiger partial charge < -0.3 is 10.6 Å². The molecule has 4 aromatic rings. The molecule has 2 N–H and O–H groups in total. The fourth-order valence-electron chi connectivity index (χ4n) is 2.96. The predicted molar refractivity (Wildman–Crippen MR) is 116 cm³/mol. The van der Waals surface area contributed by atoms with E-state index in [4.69, 9.17) is 4.63 Å². The zero-order chi connectivity index (χ0) is 21.1. The molecule has 30 heavy (non-hydrogen) atoms. The molecule has 0 saturated carbocycles. The number of amides is 1.